The molecule has 1 aliphatic heterocycles. The van der Waals surface area contributed by atoms with Crippen LogP contribution in [-0.2, 0) is 9.57 Å². The average Bonchev–Trinajstić information content (AvgIpc) is 2.87. The van der Waals surface area contributed by atoms with Gasteiger partial charge in [-0.2, -0.15) is 0 Å². The summed E-state index contributed by atoms with van der Waals surface area (Å²) in [6.07, 6.45) is 0. The summed E-state index contributed by atoms with van der Waals surface area (Å²) in [6.45, 7) is 1.79. The van der Waals surface area contributed by atoms with Crippen molar-refractivity contribution in [3.63, 3.8) is 0 Å². The van der Waals surface area contributed by atoms with Crippen LogP contribution in [0, 0.1) is 0 Å². The van der Waals surface area contributed by atoms with Gasteiger partial charge in [0.05, 0.1) is 17.7 Å². The Morgan fingerprint density at radius 1 is 0.920 bits per heavy atom. The summed E-state index contributed by atoms with van der Waals surface area (Å²) in [6, 6.07) is 10.2. The summed E-state index contributed by atoms with van der Waals surface area (Å²) < 4.78 is 4.80. The largest absolute Gasteiger partial charge is 0.461 e. The van der Waals surface area contributed by atoms with E-state index in [1.807, 2.05) is 0 Å². The summed E-state index contributed by atoms with van der Waals surface area (Å²) in [5, 5.41) is 0.381. The van der Waals surface area contributed by atoms with Gasteiger partial charge >= 0.3 is 11.9 Å². The molecule has 2 aromatic rings. The predicted molar refractivity (Wildman–Crippen MR) is 82.6 cm³/mol. The maximum Gasteiger partial charge on any atom is 0.382 e. The van der Waals surface area contributed by atoms with Crippen molar-refractivity contribution >= 4 is 23.8 Å². The van der Waals surface area contributed by atoms with Crippen LogP contribution in [0.2, 0.25) is 0 Å². The van der Waals surface area contributed by atoms with Crippen LogP contribution in [0.25, 0.3) is 0 Å². The van der Waals surface area contributed by atoms with Crippen molar-refractivity contribution in [2.45, 2.75) is 6.92 Å². The minimum Gasteiger partial charge on any atom is -0.461 e. The molecule has 8 nitrogen and oxygen atoms in total. The molecule has 2 heterocycles. The van der Waals surface area contributed by atoms with Crippen LogP contribution in [0.15, 0.2) is 42.5 Å². The number of carbonyl (C=O) groups excluding carboxylic acids is 4. The molecule has 3 rings (SSSR count). The van der Waals surface area contributed by atoms with Crippen LogP contribution < -0.4 is 0 Å². The number of carbonyl (C=O) groups is 4. The van der Waals surface area contributed by atoms with Gasteiger partial charge in [-0.3, -0.25) is 9.59 Å². The van der Waals surface area contributed by atoms with Crippen LogP contribution in [0.3, 0.4) is 0 Å². The van der Waals surface area contributed by atoms with Crippen molar-refractivity contribution < 1.29 is 28.8 Å². The number of rotatable bonds is 4. The van der Waals surface area contributed by atoms with E-state index in [1.165, 1.54) is 30.3 Å². The Hall–Kier alpha value is -3.55. The Labute approximate surface area is 141 Å². The molecule has 1 aromatic heterocycles. The first kappa shape index (κ1) is 16.3. The van der Waals surface area contributed by atoms with Crippen LogP contribution in [0.5, 0.6) is 0 Å². The number of nitrogens with zero attached hydrogens (tertiary/aromatic N) is 2. The fraction of sp³-hybridized carbons (Fsp3) is 0.118. The third-order valence-corrected chi connectivity index (χ3v) is 3.37. The zero-order valence-electron chi connectivity index (χ0n) is 13.1. The summed E-state index contributed by atoms with van der Waals surface area (Å²) in [4.78, 5) is 56.9. The minimum atomic E-state index is -1.04. The Balaban J connectivity index is 1.80. The molecule has 0 saturated heterocycles. The number of hydrogen-bond donors (Lipinski definition) is 0. The lowest BCUT2D eigenvalue weighted by Crippen LogP contribution is -2.33. The van der Waals surface area contributed by atoms with Gasteiger partial charge in [0.2, 0.25) is 0 Å². The molecule has 0 N–H and O–H groups in total. The maximum atomic E-state index is 12.2. The maximum absolute atomic E-state index is 12.2. The fourth-order valence-electron chi connectivity index (χ4n) is 2.25. The number of hydrogen-bond acceptors (Lipinski definition) is 7. The van der Waals surface area contributed by atoms with Gasteiger partial charge in [-0.25, -0.2) is 14.6 Å². The fourth-order valence-corrected chi connectivity index (χ4v) is 2.25. The molecule has 0 saturated carbocycles. The summed E-state index contributed by atoms with van der Waals surface area (Å²) in [5.74, 6) is -3.22. The Kier molecular flexibility index (Phi) is 4.25. The van der Waals surface area contributed by atoms with Gasteiger partial charge in [0.25, 0.3) is 11.8 Å². The second-order valence-corrected chi connectivity index (χ2v) is 4.96. The van der Waals surface area contributed by atoms with E-state index in [9.17, 15) is 19.2 Å². The molecule has 0 atom stereocenters. The predicted octanol–water partition coefficient (Wildman–Crippen LogP) is 1.63. The number of aromatic nitrogens is 1. The molecular formula is C17H12N2O6. The van der Waals surface area contributed by atoms with E-state index in [0.29, 0.717) is 5.06 Å². The number of pyridine rings is 1. The number of hydroxylamine groups is 2. The van der Waals surface area contributed by atoms with Gasteiger partial charge in [-0.15, -0.1) is 0 Å². The zero-order chi connectivity index (χ0) is 18.0. The van der Waals surface area contributed by atoms with E-state index in [2.05, 4.69) is 4.98 Å². The summed E-state index contributed by atoms with van der Waals surface area (Å²) >= 11 is 0. The number of esters is 1. The molecule has 1 aromatic carbocycles. The number of benzene rings is 1. The van der Waals surface area contributed by atoms with Gasteiger partial charge in [-0.05, 0) is 31.2 Å². The Bertz CT molecular complexity index is 857. The van der Waals surface area contributed by atoms with Gasteiger partial charge in [-0.1, -0.05) is 23.3 Å². The highest BCUT2D eigenvalue weighted by Crippen LogP contribution is 2.23. The molecule has 0 aliphatic carbocycles. The van der Waals surface area contributed by atoms with E-state index in [0.717, 1.165) is 0 Å². The van der Waals surface area contributed by atoms with Crippen LogP contribution in [0.4, 0.5) is 0 Å². The van der Waals surface area contributed by atoms with Crippen LogP contribution in [0.1, 0.15) is 48.6 Å². The highest BCUT2D eigenvalue weighted by Gasteiger charge is 2.39. The molecule has 25 heavy (non-hydrogen) atoms. The lowest BCUT2D eigenvalue weighted by atomic mass is 10.1. The highest BCUT2D eigenvalue weighted by atomic mass is 16.7. The lowest BCUT2D eigenvalue weighted by Gasteiger charge is -2.12. The minimum absolute atomic E-state index is 0.0846. The van der Waals surface area contributed by atoms with Crippen molar-refractivity contribution in [3.05, 3.63) is 65.0 Å². The van der Waals surface area contributed by atoms with Gasteiger partial charge in [0.1, 0.15) is 5.69 Å². The molecule has 0 fully saturated rings. The number of ether oxygens (including phenoxy) is 1. The van der Waals surface area contributed by atoms with Crippen molar-refractivity contribution in [2.24, 2.45) is 0 Å². The van der Waals surface area contributed by atoms with E-state index < -0.39 is 23.8 Å². The van der Waals surface area contributed by atoms with Gasteiger partial charge in [0.15, 0.2) is 5.69 Å². The van der Waals surface area contributed by atoms with Crippen molar-refractivity contribution in [3.8, 4) is 0 Å². The third-order valence-electron chi connectivity index (χ3n) is 3.37. The van der Waals surface area contributed by atoms with E-state index in [4.69, 9.17) is 9.57 Å². The highest BCUT2D eigenvalue weighted by molar-refractivity contribution is 6.21. The molecule has 0 spiro atoms. The van der Waals surface area contributed by atoms with Gasteiger partial charge < -0.3 is 9.57 Å². The number of imide groups is 1. The third kappa shape index (κ3) is 2.97. The topological polar surface area (TPSA) is 103 Å². The lowest BCUT2D eigenvalue weighted by molar-refractivity contribution is -0.0588. The molecule has 0 unspecified atom stereocenters. The smallest absolute Gasteiger partial charge is 0.382 e. The van der Waals surface area contributed by atoms with Crippen LogP contribution in [-0.4, -0.2) is 40.4 Å². The summed E-state index contributed by atoms with van der Waals surface area (Å²) in [7, 11) is 0. The first-order chi connectivity index (χ1) is 12.0. The normalized spacial score (nSPS) is 12.8. The molecule has 126 valence electrons. The molecule has 1 aliphatic rings. The van der Waals surface area contributed by atoms with E-state index in [1.54, 1.807) is 19.1 Å². The second-order valence-electron chi connectivity index (χ2n) is 4.96. The summed E-state index contributed by atoms with van der Waals surface area (Å²) in [5.41, 5.74) is -0.0252. The molecule has 0 radical (unpaired) electrons. The zero-order valence-corrected chi connectivity index (χ0v) is 13.1. The second kappa shape index (κ2) is 6.52. The van der Waals surface area contributed by atoms with Crippen molar-refractivity contribution in [2.75, 3.05) is 6.61 Å². The average molecular weight is 340 g/mol. The van der Waals surface area contributed by atoms with Crippen LogP contribution >= 0.6 is 0 Å². The molecule has 0 bridgehead atoms. The molecular weight excluding hydrogens is 328 g/mol. The first-order valence-corrected chi connectivity index (χ1v) is 7.37. The van der Waals surface area contributed by atoms with Crippen molar-refractivity contribution in [1.82, 2.24) is 10.0 Å². The molecule has 8 heteroatoms. The quantitative estimate of drug-likeness (QED) is 0.615. The SMILES string of the molecule is CCOC(=O)c1cccc(C(=O)ON2C(=O)c3ccccc3C2=O)n1. The standard InChI is InChI=1S/C17H12N2O6/c1-2-24-16(22)12-8-5-9-13(18-12)17(23)25-19-14(20)10-6-3-4-7-11(10)15(19)21/h3-9H,2H2,1H3. The van der Waals surface area contributed by atoms with Crippen molar-refractivity contribution in [1.29, 1.82) is 0 Å². The van der Waals surface area contributed by atoms with Gasteiger partial charge in [0, 0.05) is 0 Å². The van der Waals surface area contributed by atoms with E-state index >= 15 is 0 Å². The number of amides is 2. The first-order valence-electron chi connectivity index (χ1n) is 7.37. The Morgan fingerprint density at radius 3 is 2.04 bits per heavy atom. The molecule has 2 amide bonds. The monoisotopic (exact) mass is 340 g/mol. The number of fused-ring (bicyclic) bond motifs is 1. The Morgan fingerprint density at radius 2 is 1.48 bits per heavy atom. The van der Waals surface area contributed by atoms with E-state index in [-0.39, 0.29) is 29.1 Å².